The summed E-state index contributed by atoms with van der Waals surface area (Å²) >= 11 is 0. The lowest BCUT2D eigenvalue weighted by atomic mass is 10.0. The van der Waals surface area contributed by atoms with Gasteiger partial charge in [-0.2, -0.15) is 0 Å². The predicted molar refractivity (Wildman–Crippen MR) is 70.5 cm³/mol. The third kappa shape index (κ3) is 2.62. The van der Waals surface area contributed by atoms with Crippen LogP contribution in [0.25, 0.3) is 0 Å². The molecule has 0 aliphatic carbocycles. The zero-order chi connectivity index (χ0) is 12.2. The molecule has 0 bridgehead atoms. The van der Waals surface area contributed by atoms with Crippen molar-refractivity contribution in [2.45, 2.75) is 31.7 Å². The van der Waals surface area contributed by atoms with E-state index in [1.165, 1.54) is 24.0 Å². The van der Waals surface area contributed by atoms with Crippen LogP contribution in [0, 0.1) is 0 Å². The molecule has 1 saturated heterocycles. The number of nitrogens with zero attached hydrogens (tertiary/aromatic N) is 1. The fourth-order valence-electron chi connectivity index (χ4n) is 2.57. The molecule has 1 unspecified atom stereocenters. The quantitative estimate of drug-likeness (QED) is 0.895. The van der Waals surface area contributed by atoms with Crippen molar-refractivity contribution in [1.29, 1.82) is 0 Å². The monoisotopic (exact) mass is 242 g/mol. The summed E-state index contributed by atoms with van der Waals surface area (Å²) in [5.74, 6) is 1.04. The molecular weight excluding hydrogens is 224 g/mol. The molecule has 2 aromatic rings. The molecule has 1 aliphatic heterocycles. The van der Waals surface area contributed by atoms with Crippen molar-refractivity contribution in [3.05, 3.63) is 53.4 Å². The van der Waals surface area contributed by atoms with Gasteiger partial charge < -0.3 is 9.84 Å². The van der Waals surface area contributed by atoms with Crippen molar-refractivity contribution in [1.82, 2.24) is 10.5 Å². The van der Waals surface area contributed by atoms with Gasteiger partial charge in [0.2, 0.25) is 0 Å². The highest BCUT2D eigenvalue weighted by atomic mass is 16.5. The van der Waals surface area contributed by atoms with Crippen molar-refractivity contribution >= 4 is 0 Å². The second-order valence-electron chi connectivity index (χ2n) is 4.93. The van der Waals surface area contributed by atoms with E-state index in [2.05, 4.69) is 34.7 Å². The van der Waals surface area contributed by atoms with Crippen LogP contribution in [0.1, 0.15) is 29.7 Å². The van der Waals surface area contributed by atoms with Gasteiger partial charge in [-0.25, -0.2) is 0 Å². The Hall–Kier alpha value is -1.61. The Kier molecular flexibility index (Phi) is 3.42. The minimum Gasteiger partial charge on any atom is -0.361 e. The third-order valence-corrected chi connectivity index (χ3v) is 3.56. The van der Waals surface area contributed by atoms with Crippen LogP contribution < -0.4 is 5.32 Å². The Labute approximate surface area is 107 Å². The summed E-state index contributed by atoms with van der Waals surface area (Å²) in [5, 5.41) is 7.46. The van der Waals surface area contributed by atoms with Crippen LogP contribution >= 0.6 is 0 Å². The predicted octanol–water partition coefficient (Wildman–Crippen LogP) is 2.56. The molecule has 2 heterocycles. The summed E-state index contributed by atoms with van der Waals surface area (Å²) in [6.07, 6.45) is 6.24. The average molecular weight is 242 g/mol. The van der Waals surface area contributed by atoms with Crippen LogP contribution in [0.2, 0.25) is 0 Å². The lowest BCUT2D eigenvalue weighted by molar-refractivity contribution is 0.368. The Morgan fingerprint density at radius 1 is 1.28 bits per heavy atom. The first-order valence-corrected chi connectivity index (χ1v) is 6.61. The molecule has 1 aromatic heterocycles. The van der Waals surface area contributed by atoms with Gasteiger partial charge in [-0.15, -0.1) is 0 Å². The van der Waals surface area contributed by atoms with Gasteiger partial charge in [0.05, 0.1) is 6.20 Å². The van der Waals surface area contributed by atoms with Gasteiger partial charge >= 0.3 is 0 Å². The molecule has 1 atom stereocenters. The first-order chi connectivity index (χ1) is 8.92. The molecule has 3 nitrogen and oxygen atoms in total. The fraction of sp³-hybridized carbons (Fsp3) is 0.400. The van der Waals surface area contributed by atoms with E-state index in [1.807, 2.05) is 12.3 Å². The highest BCUT2D eigenvalue weighted by molar-refractivity contribution is 5.26. The van der Waals surface area contributed by atoms with Gasteiger partial charge in [-0.05, 0) is 24.9 Å². The third-order valence-electron chi connectivity index (χ3n) is 3.56. The van der Waals surface area contributed by atoms with Crippen molar-refractivity contribution in [2.75, 3.05) is 6.54 Å². The van der Waals surface area contributed by atoms with E-state index < -0.39 is 0 Å². The van der Waals surface area contributed by atoms with Gasteiger partial charge in [0, 0.05) is 24.4 Å². The molecular formula is C15H18N2O. The second kappa shape index (κ2) is 5.36. The molecule has 0 amide bonds. The summed E-state index contributed by atoms with van der Waals surface area (Å²) in [5.41, 5.74) is 2.52. The van der Waals surface area contributed by atoms with Crippen molar-refractivity contribution in [2.24, 2.45) is 0 Å². The van der Waals surface area contributed by atoms with Gasteiger partial charge in [0.1, 0.15) is 5.76 Å². The first kappa shape index (κ1) is 11.5. The minimum atomic E-state index is 0.562. The van der Waals surface area contributed by atoms with Crippen LogP contribution in [0.4, 0.5) is 0 Å². The van der Waals surface area contributed by atoms with Crippen LogP contribution in [0.3, 0.4) is 0 Å². The van der Waals surface area contributed by atoms with E-state index in [0.717, 1.165) is 25.1 Å². The average Bonchev–Trinajstić information content (AvgIpc) is 3.04. The molecule has 1 N–H and O–H groups in total. The molecule has 0 spiro atoms. The number of rotatable bonds is 4. The van der Waals surface area contributed by atoms with E-state index in [1.54, 1.807) is 0 Å². The Bertz CT molecular complexity index is 486. The maximum Gasteiger partial charge on any atom is 0.141 e. The lowest BCUT2D eigenvalue weighted by Gasteiger charge is -2.08. The highest BCUT2D eigenvalue weighted by Gasteiger charge is 2.18. The number of benzene rings is 1. The van der Waals surface area contributed by atoms with E-state index >= 15 is 0 Å². The number of aromatic nitrogens is 1. The summed E-state index contributed by atoms with van der Waals surface area (Å²) in [4.78, 5) is 0. The standard InChI is InChI=1S/C15H18N2O/c1-2-5-12(6-3-1)9-13-11-17-18-15(13)10-14-7-4-8-16-14/h1-3,5-6,11,14,16H,4,7-10H2. The van der Waals surface area contributed by atoms with E-state index in [-0.39, 0.29) is 0 Å². The maximum absolute atomic E-state index is 5.41. The molecule has 94 valence electrons. The Morgan fingerprint density at radius 2 is 2.17 bits per heavy atom. The van der Waals surface area contributed by atoms with Crippen LogP contribution in [-0.2, 0) is 12.8 Å². The second-order valence-corrected chi connectivity index (χ2v) is 4.93. The largest absolute Gasteiger partial charge is 0.361 e. The molecule has 3 heteroatoms. The molecule has 0 saturated carbocycles. The number of nitrogens with one attached hydrogen (secondary N) is 1. The van der Waals surface area contributed by atoms with Crippen molar-refractivity contribution < 1.29 is 4.52 Å². The fourth-order valence-corrected chi connectivity index (χ4v) is 2.57. The summed E-state index contributed by atoms with van der Waals surface area (Å²) < 4.78 is 5.41. The summed E-state index contributed by atoms with van der Waals surface area (Å²) in [6.45, 7) is 1.13. The normalized spacial score (nSPS) is 19.2. The Morgan fingerprint density at radius 3 is 2.94 bits per heavy atom. The smallest absolute Gasteiger partial charge is 0.141 e. The molecule has 3 rings (SSSR count). The van der Waals surface area contributed by atoms with Crippen LogP contribution in [-0.4, -0.2) is 17.7 Å². The summed E-state index contributed by atoms with van der Waals surface area (Å²) in [7, 11) is 0. The van der Waals surface area contributed by atoms with Crippen LogP contribution in [0.5, 0.6) is 0 Å². The minimum absolute atomic E-state index is 0.562. The summed E-state index contributed by atoms with van der Waals surface area (Å²) in [6, 6.07) is 11.0. The first-order valence-electron chi connectivity index (χ1n) is 6.61. The lowest BCUT2D eigenvalue weighted by Crippen LogP contribution is -2.23. The molecule has 18 heavy (non-hydrogen) atoms. The van der Waals surface area contributed by atoms with Crippen LogP contribution in [0.15, 0.2) is 41.1 Å². The molecule has 1 aliphatic rings. The number of hydrogen-bond donors (Lipinski definition) is 1. The van der Waals surface area contributed by atoms with Gasteiger partial charge in [-0.1, -0.05) is 35.5 Å². The van der Waals surface area contributed by atoms with Gasteiger partial charge in [0.25, 0.3) is 0 Å². The van der Waals surface area contributed by atoms with E-state index in [0.29, 0.717) is 6.04 Å². The Balaban J connectivity index is 1.71. The topological polar surface area (TPSA) is 38.1 Å². The van der Waals surface area contributed by atoms with Gasteiger partial charge in [-0.3, -0.25) is 0 Å². The highest BCUT2D eigenvalue weighted by Crippen LogP contribution is 2.18. The van der Waals surface area contributed by atoms with Gasteiger partial charge in [0.15, 0.2) is 0 Å². The zero-order valence-electron chi connectivity index (χ0n) is 10.4. The molecule has 1 fully saturated rings. The van der Waals surface area contributed by atoms with E-state index in [9.17, 15) is 0 Å². The van der Waals surface area contributed by atoms with E-state index in [4.69, 9.17) is 4.52 Å². The zero-order valence-corrected chi connectivity index (χ0v) is 10.4. The molecule has 1 aromatic carbocycles. The van der Waals surface area contributed by atoms with Crippen molar-refractivity contribution in [3.63, 3.8) is 0 Å². The van der Waals surface area contributed by atoms with Crippen molar-refractivity contribution in [3.8, 4) is 0 Å². The molecule has 0 radical (unpaired) electrons. The SMILES string of the molecule is c1ccc(Cc2cnoc2CC2CCCN2)cc1. The number of hydrogen-bond acceptors (Lipinski definition) is 3. The maximum atomic E-state index is 5.41.